The number of aryl methyl sites for hydroxylation is 3. The van der Waals surface area contributed by atoms with Gasteiger partial charge < -0.3 is 4.74 Å². The molecule has 0 aliphatic rings. The molecule has 5 aromatic rings. The Bertz CT molecular complexity index is 1860. The molecule has 47 heavy (non-hydrogen) atoms. The smallest absolute Gasteiger partial charge is 0.429 e. The Morgan fingerprint density at radius 1 is 0.596 bits per heavy atom. The molecule has 0 saturated heterocycles. The van der Waals surface area contributed by atoms with Crippen LogP contribution in [0.2, 0.25) is 0 Å². The van der Waals surface area contributed by atoms with Gasteiger partial charge in [-0.3, -0.25) is 0 Å². The van der Waals surface area contributed by atoms with Crippen LogP contribution in [0.25, 0.3) is 22.3 Å². The Kier molecular flexibility index (Phi) is 10.2. The second-order valence-corrected chi connectivity index (χ2v) is 11.0. The monoisotopic (exact) mass is 656 g/mol. The summed E-state index contributed by atoms with van der Waals surface area (Å²) in [6.07, 6.45) is 4.19. The van der Waals surface area contributed by atoms with E-state index in [1.165, 1.54) is 12.1 Å². The molecule has 1 aromatic heterocycles. The van der Waals surface area contributed by atoms with E-state index in [4.69, 9.17) is 0 Å². The molecule has 0 spiro atoms. The molecule has 0 unspecified atom stereocenters. The van der Waals surface area contributed by atoms with Crippen LogP contribution in [0.3, 0.4) is 0 Å². The van der Waals surface area contributed by atoms with Crippen LogP contribution in [-0.4, -0.2) is 9.97 Å². The second-order valence-electron chi connectivity index (χ2n) is 11.0. The van der Waals surface area contributed by atoms with Gasteiger partial charge >= 0.3 is 6.11 Å². The molecule has 0 saturated carbocycles. The summed E-state index contributed by atoms with van der Waals surface area (Å²) in [5, 5.41) is 0. The molecular formula is C36H28F8N2O. The Labute approximate surface area is 265 Å². The highest BCUT2D eigenvalue weighted by Crippen LogP contribution is 2.36. The molecule has 0 bridgehead atoms. The molecule has 11 heteroatoms. The summed E-state index contributed by atoms with van der Waals surface area (Å²) in [5.74, 6) is -8.08. The van der Waals surface area contributed by atoms with Crippen LogP contribution in [0.5, 0.6) is 5.75 Å². The number of halogens is 8. The van der Waals surface area contributed by atoms with Gasteiger partial charge in [-0.2, -0.15) is 8.78 Å². The quantitative estimate of drug-likeness (QED) is 0.0762. The molecule has 0 aliphatic carbocycles. The highest BCUT2D eigenvalue weighted by atomic mass is 19.3. The maximum absolute atomic E-state index is 15.0. The zero-order chi connectivity index (χ0) is 33.7. The van der Waals surface area contributed by atoms with Crippen molar-refractivity contribution in [2.24, 2.45) is 0 Å². The number of ether oxygens (including phenoxy) is 1. The van der Waals surface area contributed by atoms with Crippen LogP contribution in [0.15, 0.2) is 79.1 Å². The number of aromatic nitrogens is 2. The summed E-state index contributed by atoms with van der Waals surface area (Å²) < 4.78 is 120. The van der Waals surface area contributed by atoms with Gasteiger partial charge in [0.05, 0.1) is 5.56 Å². The highest BCUT2D eigenvalue weighted by Gasteiger charge is 2.38. The minimum Gasteiger partial charge on any atom is -0.429 e. The van der Waals surface area contributed by atoms with E-state index < -0.39 is 52.3 Å². The lowest BCUT2D eigenvalue weighted by atomic mass is 9.99. The van der Waals surface area contributed by atoms with E-state index in [1.54, 1.807) is 12.4 Å². The summed E-state index contributed by atoms with van der Waals surface area (Å²) in [4.78, 5) is 8.66. The van der Waals surface area contributed by atoms with E-state index in [2.05, 4.69) is 21.6 Å². The van der Waals surface area contributed by atoms with Crippen molar-refractivity contribution >= 4 is 0 Å². The fourth-order valence-electron chi connectivity index (χ4n) is 5.05. The van der Waals surface area contributed by atoms with Crippen molar-refractivity contribution < 1.29 is 39.9 Å². The normalized spacial score (nSPS) is 11.6. The fraction of sp³-hybridized carbons (Fsp3) is 0.222. The summed E-state index contributed by atoms with van der Waals surface area (Å²) in [6.45, 7) is 2.12. The van der Waals surface area contributed by atoms with Crippen molar-refractivity contribution in [1.29, 1.82) is 0 Å². The lowest BCUT2D eigenvalue weighted by Gasteiger charge is -2.20. The first-order chi connectivity index (χ1) is 22.4. The van der Waals surface area contributed by atoms with Crippen molar-refractivity contribution in [3.8, 4) is 28.0 Å². The Balaban J connectivity index is 1.25. The van der Waals surface area contributed by atoms with Gasteiger partial charge in [-0.15, -0.1) is 0 Å². The summed E-state index contributed by atoms with van der Waals surface area (Å²) in [6, 6.07) is 10.4. The summed E-state index contributed by atoms with van der Waals surface area (Å²) in [5.41, 5.74) is -0.370. The molecule has 0 atom stereocenters. The summed E-state index contributed by atoms with van der Waals surface area (Å²) >= 11 is 0. The molecule has 0 fully saturated rings. The average Bonchev–Trinajstić information content (AvgIpc) is 3.03. The van der Waals surface area contributed by atoms with E-state index in [0.29, 0.717) is 42.4 Å². The zero-order valence-electron chi connectivity index (χ0n) is 25.1. The van der Waals surface area contributed by atoms with Gasteiger partial charge in [-0.1, -0.05) is 38.0 Å². The number of benzene rings is 4. The number of nitrogens with zero attached hydrogens (tertiary/aromatic N) is 2. The van der Waals surface area contributed by atoms with Crippen LogP contribution < -0.4 is 4.74 Å². The molecule has 4 aromatic carbocycles. The molecule has 3 nitrogen and oxygen atoms in total. The van der Waals surface area contributed by atoms with Gasteiger partial charge in [-0.05, 0) is 84.0 Å². The van der Waals surface area contributed by atoms with Crippen LogP contribution in [-0.2, 0) is 25.4 Å². The molecule has 0 radical (unpaired) electrons. The average molecular weight is 657 g/mol. The van der Waals surface area contributed by atoms with E-state index in [9.17, 15) is 35.1 Å². The van der Waals surface area contributed by atoms with Crippen molar-refractivity contribution in [3.63, 3.8) is 0 Å². The second kappa shape index (κ2) is 14.3. The topological polar surface area (TPSA) is 35.0 Å². The van der Waals surface area contributed by atoms with Gasteiger partial charge in [0.15, 0.2) is 17.5 Å². The van der Waals surface area contributed by atoms with Gasteiger partial charge in [-0.25, -0.2) is 36.3 Å². The minimum atomic E-state index is -4.17. The predicted molar refractivity (Wildman–Crippen MR) is 161 cm³/mol. The first-order valence-electron chi connectivity index (χ1n) is 14.8. The summed E-state index contributed by atoms with van der Waals surface area (Å²) in [7, 11) is 0. The van der Waals surface area contributed by atoms with Gasteiger partial charge in [0.2, 0.25) is 0 Å². The van der Waals surface area contributed by atoms with Crippen molar-refractivity contribution in [1.82, 2.24) is 9.97 Å². The third kappa shape index (κ3) is 7.96. The number of alkyl halides is 2. The van der Waals surface area contributed by atoms with Crippen molar-refractivity contribution in [2.75, 3.05) is 0 Å². The zero-order valence-corrected chi connectivity index (χ0v) is 25.1. The fourth-order valence-corrected chi connectivity index (χ4v) is 5.05. The molecule has 244 valence electrons. The third-order valence-electron chi connectivity index (χ3n) is 7.57. The first-order valence-corrected chi connectivity index (χ1v) is 14.8. The highest BCUT2D eigenvalue weighted by molar-refractivity contribution is 5.72. The van der Waals surface area contributed by atoms with Crippen LogP contribution in [0, 0.1) is 34.9 Å². The largest absolute Gasteiger partial charge is 0.429 e. The molecule has 0 aliphatic heterocycles. The van der Waals surface area contributed by atoms with E-state index in [1.807, 2.05) is 0 Å². The first kappa shape index (κ1) is 33.6. The maximum atomic E-state index is 15.0. The molecule has 0 N–H and O–H groups in total. The number of hydrogen-bond donors (Lipinski definition) is 0. The van der Waals surface area contributed by atoms with Gasteiger partial charge in [0, 0.05) is 36.0 Å². The SMILES string of the molecule is CCCCCc1cnc(CCc2ccc(C(F)(F)Oc3ccc(-c4ccc(-c5cc(F)c(F)c(F)c5)c(F)c4)c(F)c3)c(F)c2)nc1. The predicted octanol–water partition coefficient (Wildman–Crippen LogP) is 10.3. The van der Waals surface area contributed by atoms with Crippen molar-refractivity contribution in [2.45, 2.75) is 51.6 Å². The number of hydrogen-bond acceptors (Lipinski definition) is 3. The molecule has 5 rings (SSSR count). The Hall–Kier alpha value is -4.80. The Morgan fingerprint density at radius 3 is 1.87 bits per heavy atom. The lowest BCUT2D eigenvalue weighted by molar-refractivity contribution is -0.187. The van der Waals surface area contributed by atoms with Gasteiger partial charge in [0.25, 0.3) is 0 Å². The van der Waals surface area contributed by atoms with Crippen LogP contribution in [0.4, 0.5) is 35.1 Å². The number of unbranched alkanes of at least 4 members (excludes halogenated alkanes) is 2. The molecular weight excluding hydrogens is 628 g/mol. The van der Waals surface area contributed by atoms with Crippen LogP contribution >= 0.6 is 0 Å². The van der Waals surface area contributed by atoms with Crippen molar-refractivity contribution in [3.05, 3.63) is 137 Å². The lowest BCUT2D eigenvalue weighted by Crippen LogP contribution is -2.23. The van der Waals surface area contributed by atoms with Crippen LogP contribution in [0.1, 0.15) is 48.7 Å². The number of rotatable bonds is 12. The minimum absolute atomic E-state index is 0.0277. The third-order valence-corrected chi connectivity index (χ3v) is 7.57. The standard InChI is InChI=1S/C36H28F8N2O/c1-2-3-4-5-22-19-45-34(46-20-22)13-7-21-6-12-28(31(39)14-21)36(43,44)47-25-9-11-26(30(38)18-25)23-8-10-27(29(37)15-23)24-16-32(40)35(42)33(41)17-24/h6,8-12,14-20H,2-5,7,13H2,1H3. The van der Waals surface area contributed by atoms with E-state index >= 15 is 0 Å². The maximum Gasteiger partial charge on any atom is 0.429 e. The molecule has 1 heterocycles. The Morgan fingerprint density at radius 2 is 1.23 bits per heavy atom. The van der Waals surface area contributed by atoms with E-state index in [0.717, 1.165) is 67.6 Å². The van der Waals surface area contributed by atoms with E-state index in [-0.39, 0.29) is 22.3 Å². The van der Waals surface area contributed by atoms with Gasteiger partial charge in [0.1, 0.15) is 29.0 Å². The molecule has 0 amide bonds.